The van der Waals surface area contributed by atoms with Gasteiger partial charge < -0.3 is 15.2 Å². The molecule has 0 spiro atoms. The van der Waals surface area contributed by atoms with Gasteiger partial charge in [0.15, 0.2) is 4.77 Å². The van der Waals surface area contributed by atoms with Gasteiger partial charge in [-0.1, -0.05) is 0 Å². The highest BCUT2D eigenvalue weighted by Crippen LogP contribution is 2.20. The van der Waals surface area contributed by atoms with Crippen LogP contribution in [0, 0.1) is 4.77 Å². The summed E-state index contributed by atoms with van der Waals surface area (Å²) in [5.41, 5.74) is 2.54. The molecule has 0 bridgehead atoms. The summed E-state index contributed by atoms with van der Waals surface area (Å²) in [6, 6.07) is 0. The highest BCUT2D eigenvalue weighted by molar-refractivity contribution is 7.71. The fraction of sp³-hybridized carbons (Fsp3) is 0.600. The molecule has 1 aromatic heterocycles. The van der Waals surface area contributed by atoms with Gasteiger partial charge in [-0.3, -0.25) is 0 Å². The lowest BCUT2D eigenvalue weighted by atomic mass is 10.1. The molecule has 5 heteroatoms. The maximum absolute atomic E-state index is 5.13. The van der Waals surface area contributed by atoms with Gasteiger partial charge in [0.1, 0.15) is 5.82 Å². The Bertz CT molecular complexity index is 410. The van der Waals surface area contributed by atoms with Crippen molar-refractivity contribution in [3.05, 3.63) is 16.0 Å². The SMILES string of the molecule is CN(C)c1nc(=S)[nH]c2c1CCNCC2. The first kappa shape index (κ1) is 10.6. The molecule has 82 valence electrons. The third kappa shape index (κ3) is 2.18. The van der Waals surface area contributed by atoms with E-state index in [-0.39, 0.29) is 0 Å². The predicted molar refractivity (Wildman–Crippen MR) is 64.0 cm³/mol. The Morgan fingerprint density at radius 2 is 2.00 bits per heavy atom. The predicted octanol–water partition coefficient (Wildman–Crippen LogP) is 0.893. The number of H-pyrrole nitrogens is 1. The van der Waals surface area contributed by atoms with E-state index in [9.17, 15) is 0 Å². The molecule has 1 aliphatic rings. The maximum atomic E-state index is 5.13. The third-order valence-electron chi connectivity index (χ3n) is 2.63. The second kappa shape index (κ2) is 4.28. The molecular formula is C10H16N4S. The summed E-state index contributed by atoms with van der Waals surface area (Å²) in [5.74, 6) is 1.01. The van der Waals surface area contributed by atoms with E-state index in [4.69, 9.17) is 12.2 Å². The van der Waals surface area contributed by atoms with Gasteiger partial charge in [0, 0.05) is 38.3 Å². The fourth-order valence-corrected chi connectivity index (χ4v) is 2.14. The number of nitrogens with zero attached hydrogens (tertiary/aromatic N) is 2. The molecule has 0 aromatic carbocycles. The van der Waals surface area contributed by atoms with E-state index in [0.717, 1.165) is 31.7 Å². The van der Waals surface area contributed by atoms with E-state index in [1.54, 1.807) is 0 Å². The maximum Gasteiger partial charge on any atom is 0.198 e. The molecule has 2 rings (SSSR count). The molecule has 0 unspecified atom stereocenters. The van der Waals surface area contributed by atoms with Crippen LogP contribution in [0.3, 0.4) is 0 Å². The van der Waals surface area contributed by atoms with Crippen molar-refractivity contribution in [2.45, 2.75) is 12.8 Å². The van der Waals surface area contributed by atoms with Gasteiger partial charge in [-0.15, -0.1) is 0 Å². The first-order valence-corrected chi connectivity index (χ1v) is 5.59. The van der Waals surface area contributed by atoms with Gasteiger partial charge in [-0.25, -0.2) is 4.98 Å². The fourth-order valence-electron chi connectivity index (χ4n) is 1.93. The standard InChI is InChI=1S/C10H16N4S/c1-14(2)9-7-3-5-11-6-4-8(7)12-10(15)13-9/h11H,3-6H2,1-2H3,(H,12,13,15). The largest absolute Gasteiger partial charge is 0.362 e. The molecule has 0 saturated carbocycles. The van der Waals surface area contributed by atoms with Crippen LogP contribution in [-0.2, 0) is 12.8 Å². The summed E-state index contributed by atoms with van der Waals surface area (Å²) in [4.78, 5) is 9.62. The zero-order valence-electron chi connectivity index (χ0n) is 9.13. The first-order chi connectivity index (χ1) is 7.18. The normalized spacial score (nSPS) is 15.6. The second-order valence-electron chi connectivity index (χ2n) is 3.97. The Morgan fingerprint density at radius 3 is 2.73 bits per heavy atom. The summed E-state index contributed by atoms with van der Waals surface area (Å²) in [6.45, 7) is 2.02. The van der Waals surface area contributed by atoms with Gasteiger partial charge in [0.05, 0.1) is 0 Å². The van der Waals surface area contributed by atoms with Crippen LogP contribution in [0.25, 0.3) is 0 Å². The van der Waals surface area contributed by atoms with Crippen LogP contribution < -0.4 is 10.2 Å². The van der Waals surface area contributed by atoms with Crippen LogP contribution in [-0.4, -0.2) is 37.2 Å². The number of hydrogen-bond acceptors (Lipinski definition) is 4. The molecule has 0 aliphatic carbocycles. The lowest BCUT2D eigenvalue weighted by Gasteiger charge is -2.17. The first-order valence-electron chi connectivity index (χ1n) is 5.18. The molecule has 15 heavy (non-hydrogen) atoms. The Morgan fingerprint density at radius 1 is 1.27 bits per heavy atom. The topological polar surface area (TPSA) is 44.0 Å². The molecule has 2 N–H and O–H groups in total. The smallest absolute Gasteiger partial charge is 0.198 e. The number of aromatic amines is 1. The van der Waals surface area contributed by atoms with Crippen LogP contribution in [0.5, 0.6) is 0 Å². The van der Waals surface area contributed by atoms with E-state index in [1.165, 1.54) is 11.3 Å². The minimum atomic E-state index is 0.583. The Kier molecular flexibility index (Phi) is 3.02. The number of aromatic nitrogens is 2. The highest BCUT2D eigenvalue weighted by Gasteiger charge is 2.14. The van der Waals surface area contributed by atoms with E-state index >= 15 is 0 Å². The van der Waals surface area contributed by atoms with Crippen molar-refractivity contribution in [3.8, 4) is 0 Å². The van der Waals surface area contributed by atoms with Crippen molar-refractivity contribution in [2.24, 2.45) is 0 Å². The monoisotopic (exact) mass is 224 g/mol. The number of rotatable bonds is 1. The molecular weight excluding hydrogens is 208 g/mol. The molecule has 2 heterocycles. The van der Waals surface area contributed by atoms with Crippen LogP contribution in [0.4, 0.5) is 5.82 Å². The van der Waals surface area contributed by atoms with Crippen molar-refractivity contribution < 1.29 is 0 Å². The molecule has 0 atom stereocenters. The van der Waals surface area contributed by atoms with Crippen LogP contribution in [0.2, 0.25) is 0 Å². The number of fused-ring (bicyclic) bond motifs is 1. The van der Waals surface area contributed by atoms with E-state index in [2.05, 4.69) is 15.3 Å². The van der Waals surface area contributed by atoms with Gasteiger partial charge in [-0.05, 0) is 25.2 Å². The summed E-state index contributed by atoms with van der Waals surface area (Å²) in [5, 5.41) is 3.38. The summed E-state index contributed by atoms with van der Waals surface area (Å²) in [6.07, 6.45) is 2.02. The van der Waals surface area contributed by atoms with Crippen molar-refractivity contribution >= 4 is 18.0 Å². The lowest BCUT2D eigenvalue weighted by molar-refractivity contribution is 0.708. The average molecular weight is 224 g/mol. The van der Waals surface area contributed by atoms with Crippen LogP contribution in [0.1, 0.15) is 11.3 Å². The molecule has 0 fully saturated rings. The summed E-state index contributed by atoms with van der Waals surface area (Å²) in [7, 11) is 4.02. The van der Waals surface area contributed by atoms with Crippen molar-refractivity contribution in [2.75, 3.05) is 32.1 Å². The van der Waals surface area contributed by atoms with Crippen LogP contribution >= 0.6 is 12.2 Å². The molecule has 1 aliphatic heterocycles. The number of nitrogens with one attached hydrogen (secondary N) is 2. The Hall–Kier alpha value is -0.940. The summed E-state index contributed by atoms with van der Waals surface area (Å²) >= 11 is 5.13. The number of hydrogen-bond donors (Lipinski definition) is 2. The van der Waals surface area contributed by atoms with Gasteiger partial charge >= 0.3 is 0 Å². The van der Waals surface area contributed by atoms with Gasteiger partial charge in [0.2, 0.25) is 0 Å². The molecule has 1 aromatic rings. The highest BCUT2D eigenvalue weighted by atomic mass is 32.1. The van der Waals surface area contributed by atoms with E-state index < -0.39 is 0 Å². The Balaban J connectivity index is 2.55. The molecule has 4 nitrogen and oxygen atoms in total. The zero-order valence-corrected chi connectivity index (χ0v) is 9.95. The quantitative estimate of drug-likeness (QED) is 0.696. The minimum absolute atomic E-state index is 0.583. The van der Waals surface area contributed by atoms with Gasteiger partial charge in [-0.2, -0.15) is 0 Å². The van der Waals surface area contributed by atoms with Crippen molar-refractivity contribution in [3.63, 3.8) is 0 Å². The van der Waals surface area contributed by atoms with E-state index in [1.807, 2.05) is 19.0 Å². The molecule has 0 saturated heterocycles. The second-order valence-corrected chi connectivity index (χ2v) is 4.35. The average Bonchev–Trinajstić information content (AvgIpc) is 2.41. The number of anilines is 1. The third-order valence-corrected chi connectivity index (χ3v) is 2.82. The Labute approximate surface area is 94.7 Å². The van der Waals surface area contributed by atoms with Gasteiger partial charge in [0.25, 0.3) is 0 Å². The minimum Gasteiger partial charge on any atom is -0.362 e. The molecule has 0 radical (unpaired) electrons. The van der Waals surface area contributed by atoms with Crippen molar-refractivity contribution in [1.29, 1.82) is 0 Å². The van der Waals surface area contributed by atoms with Crippen LogP contribution in [0.15, 0.2) is 0 Å². The molecule has 0 amide bonds. The lowest BCUT2D eigenvalue weighted by Crippen LogP contribution is -2.17. The van der Waals surface area contributed by atoms with Crippen molar-refractivity contribution in [1.82, 2.24) is 15.3 Å². The zero-order chi connectivity index (χ0) is 10.8. The summed E-state index contributed by atoms with van der Waals surface area (Å²) < 4.78 is 0.583. The van der Waals surface area contributed by atoms with E-state index in [0.29, 0.717) is 4.77 Å².